The molecular weight excluding hydrogens is 355 g/mol. The van der Waals surface area contributed by atoms with Gasteiger partial charge >= 0.3 is 0 Å². The molecule has 1 aliphatic heterocycles. The van der Waals surface area contributed by atoms with Crippen LogP contribution in [0.15, 0.2) is 29.6 Å². The van der Waals surface area contributed by atoms with Crippen LogP contribution in [0.5, 0.6) is 0 Å². The van der Waals surface area contributed by atoms with Crippen LogP contribution in [0.4, 0.5) is 4.39 Å². The zero-order valence-electron chi connectivity index (χ0n) is 14.6. The molecule has 1 N–H and O–H groups in total. The van der Waals surface area contributed by atoms with Gasteiger partial charge in [0.2, 0.25) is 11.8 Å². The number of carbonyl (C=O) groups is 2. The molecule has 1 fully saturated rings. The molecule has 1 saturated heterocycles. The second-order valence-electron chi connectivity index (χ2n) is 6.16. The minimum atomic E-state index is -0.301. The predicted octanol–water partition coefficient (Wildman–Crippen LogP) is 1.38. The highest BCUT2D eigenvalue weighted by Gasteiger charge is 2.22. The van der Waals surface area contributed by atoms with E-state index in [2.05, 4.69) is 10.3 Å². The van der Waals surface area contributed by atoms with Gasteiger partial charge in [0.15, 0.2) is 0 Å². The van der Waals surface area contributed by atoms with Crippen molar-refractivity contribution in [2.24, 2.45) is 0 Å². The molecule has 8 heteroatoms. The van der Waals surface area contributed by atoms with Gasteiger partial charge in [-0.3, -0.25) is 14.5 Å². The van der Waals surface area contributed by atoms with Gasteiger partial charge in [-0.05, 0) is 12.1 Å². The standard InChI is InChI=1S/C18H21FN4O2S/c1-20-16(24)11-22-5-7-23(8-6-22)17(25)10-15-12-26-18(21-15)13-3-2-4-14(19)9-13/h2-4,9,12H,5-8,10-11H2,1H3,(H,20,24). The summed E-state index contributed by atoms with van der Waals surface area (Å²) in [4.78, 5) is 32.2. The average Bonchev–Trinajstić information content (AvgIpc) is 3.10. The molecule has 0 aliphatic carbocycles. The highest BCUT2D eigenvalue weighted by atomic mass is 32.1. The van der Waals surface area contributed by atoms with E-state index >= 15 is 0 Å². The quantitative estimate of drug-likeness (QED) is 0.856. The van der Waals surface area contributed by atoms with Crippen LogP contribution in [0, 0.1) is 5.82 Å². The van der Waals surface area contributed by atoms with Crippen LogP contribution in [-0.4, -0.2) is 66.4 Å². The maximum atomic E-state index is 13.3. The Labute approximate surface area is 155 Å². The molecule has 0 saturated carbocycles. The smallest absolute Gasteiger partial charge is 0.233 e. The molecule has 6 nitrogen and oxygen atoms in total. The fourth-order valence-corrected chi connectivity index (χ4v) is 3.66. The highest BCUT2D eigenvalue weighted by molar-refractivity contribution is 7.13. The van der Waals surface area contributed by atoms with Crippen LogP contribution in [-0.2, 0) is 16.0 Å². The number of hydrogen-bond donors (Lipinski definition) is 1. The first-order valence-corrected chi connectivity index (χ1v) is 9.34. The molecule has 0 spiro atoms. The summed E-state index contributed by atoms with van der Waals surface area (Å²) in [5.41, 5.74) is 1.42. The lowest BCUT2D eigenvalue weighted by atomic mass is 10.2. The van der Waals surface area contributed by atoms with E-state index < -0.39 is 0 Å². The zero-order chi connectivity index (χ0) is 18.5. The van der Waals surface area contributed by atoms with Crippen LogP contribution in [0.25, 0.3) is 10.6 Å². The van der Waals surface area contributed by atoms with Crippen molar-refractivity contribution in [2.45, 2.75) is 6.42 Å². The molecule has 3 rings (SSSR count). The summed E-state index contributed by atoms with van der Waals surface area (Å²) >= 11 is 1.41. The number of amides is 2. The number of benzene rings is 1. The third-order valence-corrected chi connectivity index (χ3v) is 5.27. The number of nitrogens with zero attached hydrogens (tertiary/aromatic N) is 3. The maximum Gasteiger partial charge on any atom is 0.233 e. The fourth-order valence-electron chi connectivity index (χ4n) is 2.85. The Morgan fingerprint density at radius 3 is 2.73 bits per heavy atom. The van der Waals surface area contributed by atoms with Crippen molar-refractivity contribution in [1.82, 2.24) is 20.1 Å². The van der Waals surface area contributed by atoms with E-state index in [-0.39, 0.29) is 24.1 Å². The second kappa shape index (κ2) is 8.37. The lowest BCUT2D eigenvalue weighted by Crippen LogP contribution is -2.51. The van der Waals surface area contributed by atoms with Crippen LogP contribution < -0.4 is 5.32 Å². The number of hydrogen-bond acceptors (Lipinski definition) is 5. The maximum absolute atomic E-state index is 13.3. The third kappa shape index (κ3) is 4.64. The Balaban J connectivity index is 1.54. The van der Waals surface area contributed by atoms with Gasteiger partial charge in [0.05, 0.1) is 18.7 Å². The lowest BCUT2D eigenvalue weighted by Gasteiger charge is -2.34. The van der Waals surface area contributed by atoms with Crippen LogP contribution in [0.2, 0.25) is 0 Å². The summed E-state index contributed by atoms with van der Waals surface area (Å²) in [6, 6.07) is 6.29. The van der Waals surface area contributed by atoms with E-state index in [0.29, 0.717) is 43.4 Å². The highest BCUT2D eigenvalue weighted by Crippen LogP contribution is 2.24. The molecule has 1 aromatic heterocycles. The predicted molar refractivity (Wildman–Crippen MR) is 98.3 cm³/mol. The first-order chi connectivity index (χ1) is 12.5. The minimum Gasteiger partial charge on any atom is -0.358 e. The number of thiazole rings is 1. The normalized spacial score (nSPS) is 15.1. The Morgan fingerprint density at radius 1 is 1.27 bits per heavy atom. The number of piperazine rings is 1. The van der Waals surface area contributed by atoms with Crippen LogP contribution >= 0.6 is 11.3 Å². The van der Waals surface area contributed by atoms with Gasteiger partial charge in [-0.1, -0.05) is 12.1 Å². The van der Waals surface area contributed by atoms with E-state index in [1.165, 1.54) is 23.5 Å². The summed E-state index contributed by atoms with van der Waals surface area (Å²) < 4.78 is 13.3. The van der Waals surface area contributed by atoms with Crippen LogP contribution in [0.1, 0.15) is 5.69 Å². The first kappa shape index (κ1) is 18.5. The van der Waals surface area contributed by atoms with E-state index in [9.17, 15) is 14.0 Å². The molecule has 1 aliphatic rings. The van der Waals surface area contributed by atoms with Crippen molar-refractivity contribution in [2.75, 3.05) is 39.8 Å². The summed E-state index contributed by atoms with van der Waals surface area (Å²) in [5.74, 6) is -0.289. The van der Waals surface area contributed by atoms with E-state index in [0.717, 1.165) is 5.56 Å². The van der Waals surface area contributed by atoms with Gasteiger partial charge in [0.25, 0.3) is 0 Å². The molecule has 0 unspecified atom stereocenters. The SMILES string of the molecule is CNC(=O)CN1CCN(C(=O)Cc2csc(-c3cccc(F)c3)n2)CC1. The first-order valence-electron chi connectivity index (χ1n) is 8.46. The summed E-state index contributed by atoms with van der Waals surface area (Å²) in [7, 11) is 1.62. The summed E-state index contributed by atoms with van der Waals surface area (Å²) in [6.07, 6.45) is 0.237. The number of aromatic nitrogens is 1. The number of nitrogens with one attached hydrogen (secondary N) is 1. The number of rotatable bonds is 5. The van der Waals surface area contributed by atoms with Crippen molar-refractivity contribution in [3.8, 4) is 10.6 Å². The molecule has 0 radical (unpaired) electrons. The lowest BCUT2D eigenvalue weighted by molar-refractivity contribution is -0.132. The molecule has 26 heavy (non-hydrogen) atoms. The average molecular weight is 376 g/mol. The largest absolute Gasteiger partial charge is 0.358 e. The Hall–Kier alpha value is -2.32. The zero-order valence-corrected chi connectivity index (χ0v) is 15.4. The Kier molecular flexibility index (Phi) is 5.95. The molecule has 0 bridgehead atoms. The number of carbonyl (C=O) groups excluding carboxylic acids is 2. The van der Waals surface area contributed by atoms with Crippen molar-refractivity contribution < 1.29 is 14.0 Å². The van der Waals surface area contributed by atoms with Gasteiger partial charge in [0, 0.05) is 44.2 Å². The number of likely N-dealkylation sites (N-methyl/N-ethyl adjacent to an activating group) is 1. The van der Waals surface area contributed by atoms with Crippen molar-refractivity contribution >= 4 is 23.2 Å². The van der Waals surface area contributed by atoms with E-state index in [1.54, 1.807) is 19.2 Å². The molecule has 138 valence electrons. The van der Waals surface area contributed by atoms with Gasteiger partial charge < -0.3 is 10.2 Å². The summed E-state index contributed by atoms with van der Waals surface area (Å²) in [5, 5.41) is 5.16. The van der Waals surface area contributed by atoms with E-state index in [4.69, 9.17) is 0 Å². The fraction of sp³-hybridized carbons (Fsp3) is 0.389. The molecule has 2 amide bonds. The van der Waals surface area contributed by atoms with Crippen molar-refractivity contribution in [3.63, 3.8) is 0 Å². The van der Waals surface area contributed by atoms with Gasteiger partial charge in [-0.15, -0.1) is 11.3 Å². The Morgan fingerprint density at radius 2 is 2.04 bits per heavy atom. The molecule has 2 aromatic rings. The molecular formula is C18H21FN4O2S. The van der Waals surface area contributed by atoms with Gasteiger partial charge in [-0.25, -0.2) is 9.37 Å². The van der Waals surface area contributed by atoms with Crippen molar-refractivity contribution in [1.29, 1.82) is 0 Å². The molecule has 0 atom stereocenters. The van der Waals surface area contributed by atoms with E-state index in [1.807, 2.05) is 15.2 Å². The number of halogens is 1. The Bertz CT molecular complexity index is 787. The third-order valence-electron chi connectivity index (χ3n) is 4.33. The van der Waals surface area contributed by atoms with Gasteiger partial charge in [-0.2, -0.15) is 0 Å². The molecule has 2 heterocycles. The van der Waals surface area contributed by atoms with Gasteiger partial charge in [0.1, 0.15) is 10.8 Å². The summed E-state index contributed by atoms with van der Waals surface area (Å²) in [6.45, 7) is 2.95. The minimum absolute atomic E-state index is 0.0165. The second-order valence-corrected chi connectivity index (χ2v) is 7.02. The van der Waals surface area contributed by atoms with Crippen molar-refractivity contribution in [3.05, 3.63) is 41.2 Å². The monoisotopic (exact) mass is 376 g/mol. The topological polar surface area (TPSA) is 65.5 Å². The van der Waals surface area contributed by atoms with Crippen LogP contribution in [0.3, 0.4) is 0 Å². The molecule has 1 aromatic carbocycles.